The molecule has 1 spiro atoms. The molecule has 0 radical (unpaired) electrons. The van der Waals surface area contributed by atoms with Gasteiger partial charge in [-0.2, -0.15) is 8.78 Å². The zero-order valence-corrected chi connectivity index (χ0v) is 11.1. The Balaban J connectivity index is 1.65. The molecule has 0 aliphatic carbocycles. The van der Waals surface area contributed by atoms with Gasteiger partial charge in [-0.25, -0.2) is 0 Å². The minimum atomic E-state index is -2.80. The van der Waals surface area contributed by atoms with Crippen LogP contribution in [0.15, 0.2) is 24.3 Å². The van der Waals surface area contributed by atoms with Crippen molar-refractivity contribution >= 4 is 5.69 Å². The highest BCUT2D eigenvalue weighted by atomic mass is 19.3. The van der Waals surface area contributed by atoms with Crippen molar-refractivity contribution in [1.29, 1.82) is 0 Å². The highest BCUT2D eigenvalue weighted by Crippen LogP contribution is 2.34. The van der Waals surface area contributed by atoms with Crippen molar-refractivity contribution < 1.29 is 23.0 Å². The van der Waals surface area contributed by atoms with E-state index < -0.39 is 12.4 Å². The number of alkyl halides is 2. The van der Waals surface area contributed by atoms with Gasteiger partial charge < -0.3 is 19.1 Å². The van der Waals surface area contributed by atoms with Gasteiger partial charge in [-0.1, -0.05) is 6.07 Å². The van der Waals surface area contributed by atoms with Gasteiger partial charge >= 0.3 is 6.61 Å². The molecule has 0 amide bonds. The lowest BCUT2D eigenvalue weighted by Crippen LogP contribution is -2.45. The molecule has 0 unspecified atom stereocenters. The van der Waals surface area contributed by atoms with Crippen LogP contribution in [0.5, 0.6) is 5.75 Å². The van der Waals surface area contributed by atoms with E-state index >= 15 is 0 Å². The number of halogens is 2. The van der Waals surface area contributed by atoms with Crippen molar-refractivity contribution in [2.45, 2.75) is 25.2 Å². The lowest BCUT2D eigenvalue weighted by Gasteiger charge is -2.38. The first-order valence-electron chi connectivity index (χ1n) is 6.75. The molecule has 0 aromatic heterocycles. The van der Waals surface area contributed by atoms with Crippen molar-refractivity contribution in [3.63, 3.8) is 0 Å². The second kappa shape index (κ2) is 5.54. The summed E-state index contributed by atoms with van der Waals surface area (Å²) in [7, 11) is 0. The zero-order valence-electron chi connectivity index (χ0n) is 11.1. The van der Waals surface area contributed by atoms with Gasteiger partial charge in [0.05, 0.1) is 13.2 Å². The predicted molar refractivity (Wildman–Crippen MR) is 69.2 cm³/mol. The number of hydrogen-bond donors (Lipinski definition) is 0. The molecule has 2 aliphatic heterocycles. The maximum absolute atomic E-state index is 12.2. The summed E-state index contributed by atoms with van der Waals surface area (Å²) >= 11 is 0. The van der Waals surface area contributed by atoms with Gasteiger partial charge in [-0.15, -0.1) is 0 Å². The van der Waals surface area contributed by atoms with Crippen molar-refractivity contribution in [2.24, 2.45) is 0 Å². The second-order valence-electron chi connectivity index (χ2n) is 4.97. The van der Waals surface area contributed by atoms with E-state index in [4.69, 9.17) is 9.47 Å². The first-order valence-corrected chi connectivity index (χ1v) is 6.75. The molecule has 0 atom stereocenters. The fourth-order valence-corrected chi connectivity index (χ4v) is 2.75. The summed E-state index contributed by atoms with van der Waals surface area (Å²) in [4.78, 5) is 2.13. The number of anilines is 1. The summed E-state index contributed by atoms with van der Waals surface area (Å²) in [5.41, 5.74) is 0.885. The van der Waals surface area contributed by atoms with Crippen molar-refractivity contribution in [3.8, 4) is 5.75 Å². The number of piperidine rings is 1. The highest BCUT2D eigenvalue weighted by molar-refractivity contribution is 5.51. The van der Waals surface area contributed by atoms with Crippen molar-refractivity contribution in [2.75, 3.05) is 31.2 Å². The first kappa shape index (κ1) is 13.6. The molecule has 0 N–H and O–H groups in total. The Kier molecular flexibility index (Phi) is 3.76. The molecular formula is C14H17F2NO3. The summed E-state index contributed by atoms with van der Waals surface area (Å²) in [5, 5.41) is 0. The standard InChI is InChI=1S/C14H17F2NO3/c15-13(16)20-12-3-1-2-11(10-12)17-6-4-14(5-7-17)18-8-9-19-14/h1-3,10,13H,4-9H2. The van der Waals surface area contributed by atoms with Gasteiger partial charge in [0.2, 0.25) is 0 Å². The Morgan fingerprint density at radius 2 is 1.85 bits per heavy atom. The summed E-state index contributed by atoms with van der Waals surface area (Å²) in [6, 6.07) is 6.79. The van der Waals surface area contributed by atoms with Crippen LogP contribution in [0.1, 0.15) is 12.8 Å². The van der Waals surface area contributed by atoms with Gasteiger partial charge in [0.15, 0.2) is 5.79 Å². The van der Waals surface area contributed by atoms with Gasteiger partial charge in [-0.3, -0.25) is 0 Å². The molecule has 0 bridgehead atoms. The Bertz CT molecular complexity index is 453. The number of benzene rings is 1. The van der Waals surface area contributed by atoms with Crippen molar-refractivity contribution in [1.82, 2.24) is 0 Å². The zero-order chi connectivity index (χ0) is 14.0. The number of nitrogens with zero attached hydrogens (tertiary/aromatic N) is 1. The van der Waals surface area contributed by atoms with Crippen LogP contribution in [0.2, 0.25) is 0 Å². The minimum Gasteiger partial charge on any atom is -0.435 e. The third-order valence-corrected chi connectivity index (χ3v) is 3.75. The average molecular weight is 285 g/mol. The molecule has 2 aliphatic rings. The number of ether oxygens (including phenoxy) is 3. The fourth-order valence-electron chi connectivity index (χ4n) is 2.75. The van der Waals surface area contributed by atoms with Gasteiger partial charge in [-0.05, 0) is 12.1 Å². The molecule has 3 rings (SSSR count). The van der Waals surface area contributed by atoms with E-state index in [1.54, 1.807) is 12.1 Å². The number of rotatable bonds is 3. The van der Waals surface area contributed by atoms with Crippen LogP contribution in [-0.2, 0) is 9.47 Å². The van der Waals surface area contributed by atoms with Gasteiger partial charge in [0, 0.05) is 37.7 Å². The molecule has 20 heavy (non-hydrogen) atoms. The predicted octanol–water partition coefficient (Wildman–Crippen LogP) is 2.63. The van der Waals surface area contributed by atoms with Crippen LogP contribution in [-0.4, -0.2) is 38.7 Å². The average Bonchev–Trinajstić information content (AvgIpc) is 2.87. The van der Waals surface area contributed by atoms with Crippen LogP contribution < -0.4 is 9.64 Å². The molecule has 1 aromatic rings. The molecule has 6 heteroatoms. The lowest BCUT2D eigenvalue weighted by atomic mass is 10.0. The van der Waals surface area contributed by atoms with E-state index in [1.165, 1.54) is 6.07 Å². The summed E-state index contributed by atoms with van der Waals surface area (Å²) in [6.45, 7) is 0.0567. The van der Waals surface area contributed by atoms with Gasteiger partial charge in [0.1, 0.15) is 5.75 Å². The topological polar surface area (TPSA) is 30.9 Å². The molecule has 2 heterocycles. The molecular weight excluding hydrogens is 268 g/mol. The number of hydrogen-bond acceptors (Lipinski definition) is 4. The van der Waals surface area contributed by atoms with E-state index in [1.807, 2.05) is 6.07 Å². The third-order valence-electron chi connectivity index (χ3n) is 3.75. The van der Waals surface area contributed by atoms with Gasteiger partial charge in [0.25, 0.3) is 0 Å². The summed E-state index contributed by atoms with van der Waals surface area (Å²) in [6.07, 6.45) is 1.57. The largest absolute Gasteiger partial charge is 0.435 e. The lowest BCUT2D eigenvalue weighted by molar-refractivity contribution is -0.169. The molecule has 0 saturated carbocycles. The maximum atomic E-state index is 12.2. The Hall–Kier alpha value is -1.40. The Morgan fingerprint density at radius 3 is 2.50 bits per heavy atom. The SMILES string of the molecule is FC(F)Oc1cccc(N2CCC3(CC2)OCCO3)c1. The Morgan fingerprint density at radius 1 is 1.15 bits per heavy atom. The van der Waals surface area contributed by atoms with E-state index in [0.29, 0.717) is 13.2 Å². The second-order valence-corrected chi connectivity index (χ2v) is 4.97. The monoisotopic (exact) mass is 285 g/mol. The molecule has 110 valence electrons. The van der Waals surface area contributed by atoms with Crippen LogP contribution in [0.4, 0.5) is 14.5 Å². The van der Waals surface area contributed by atoms with E-state index in [0.717, 1.165) is 31.6 Å². The summed E-state index contributed by atoms with van der Waals surface area (Å²) < 4.78 is 40.2. The maximum Gasteiger partial charge on any atom is 0.387 e. The van der Waals surface area contributed by atoms with Crippen molar-refractivity contribution in [3.05, 3.63) is 24.3 Å². The van der Waals surface area contributed by atoms with Crippen LogP contribution in [0.25, 0.3) is 0 Å². The third kappa shape index (κ3) is 2.86. The molecule has 4 nitrogen and oxygen atoms in total. The van der Waals surface area contributed by atoms with Crippen LogP contribution in [0.3, 0.4) is 0 Å². The fraction of sp³-hybridized carbons (Fsp3) is 0.571. The van der Waals surface area contributed by atoms with Crippen LogP contribution in [0, 0.1) is 0 Å². The first-order chi connectivity index (χ1) is 9.67. The Labute approximate surface area is 116 Å². The quantitative estimate of drug-likeness (QED) is 0.854. The van der Waals surface area contributed by atoms with E-state index in [-0.39, 0.29) is 5.75 Å². The molecule has 1 aromatic carbocycles. The normalized spacial score (nSPS) is 21.6. The molecule has 2 fully saturated rings. The summed E-state index contributed by atoms with van der Waals surface area (Å²) in [5.74, 6) is -0.237. The highest BCUT2D eigenvalue weighted by Gasteiger charge is 2.39. The molecule has 2 saturated heterocycles. The smallest absolute Gasteiger partial charge is 0.387 e. The minimum absolute atomic E-state index is 0.186. The van der Waals surface area contributed by atoms with E-state index in [9.17, 15) is 8.78 Å². The van der Waals surface area contributed by atoms with Crippen LogP contribution >= 0.6 is 0 Å². The van der Waals surface area contributed by atoms with E-state index in [2.05, 4.69) is 9.64 Å².